The Hall–Kier alpha value is -2.70. The second-order valence-corrected chi connectivity index (χ2v) is 11.5. The molecule has 0 saturated heterocycles. The number of rotatable bonds is 4. The minimum Gasteiger partial charge on any atom is -0.352 e. The lowest BCUT2D eigenvalue weighted by molar-refractivity contribution is -0.384. The molecule has 1 aromatic carbocycles. The van der Waals surface area contributed by atoms with Crippen LogP contribution in [0.1, 0.15) is 62.7 Å². The number of likely N-dealkylation sites (N-methyl/N-ethyl adjacent to an activating group) is 1. The summed E-state index contributed by atoms with van der Waals surface area (Å²) in [6.45, 7) is 5.40. The number of nitrogens with zero attached hydrogens (tertiary/aromatic N) is 2. The zero-order chi connectivity index (χ0) is 24.3. The molecule has 34 heavy (non-hydrogen) atoms. The Morgan fingerprint density at radius 1 is 1.18 bits per heavy atom. The number of hydrogen-bond acceptors (Lipinski definition) is 4. The van der Waals surface area contributed by atoms with E-state index in [1.807, 2.05) is 11.9 Å². The van der Waals surface area contributed by atoms with E-state index in [4.69, 9.17) is 0 Å². The second-order valence-electron chi connectivity index (χ2n) is 11.5. The van der Waals surface area contributed by atoms with Crippen molar-refractivity contribution >= 4 is 17.5 Å². The van der Waals surface area contributed by atoms with Crippen molar-refractivity contribution in [2.24, 2.45) is 34.5 Å². The highest BCUT2D eigenvalue weighted by molar-refractivity contribution is 5.94. The molecule has 1 aliphatic heterocycles. The van der Waals surface area contributed by atoms with Gasteiger partial charge in [-0.3, -0.25) is 19.7 Å². The monoisotopic (exact) mass is 465 g/mol. The maximum absolute atomic E-state index is 12.8. The van der Waals surface area contributed by atoms with Crippen LogP contribution in [-0.4, -0.2) is 41.3 Å². The molecule has 5 rings (SSSR count). The van der Waals surface area contributed by atoms with Crippen molar-refractivity contribution in [3.05, 3.63) is 52.1 Å². The summed E-state index contributed by atoms with van der Waals surface area (Å²) in [6.07, 6.45) is 10.8. The van der Waals surface area contributed by atoms with Gasteiger partial charge in [-0.25, -0.2) is 0 Å². The highest BCUT2D eigenvalue weighted by atomic mass is 16.6. The summed E-state index contributed by atoms with van der Waals surface area (Å²) in [4.78, 5) is 37.6. The third kappa shape index (κ3) is 3.46. The van der Waals surface area contributed by atoms with Crippen molar-refractivity contribution in [1.29, 1.82) is 0 Å². The minimum atomic E-state index is -0.470. The molecule has 1 N–H and O–H groups in total. The van der Waals surface area contributed by atoms with E-state index in [2.05, 4.69) is 25.2 Å². The Morgan fingerprint density at radius 3 is 2.74 bits per heavy atom. The molecule has 7 atom stereocenters. The molecular weight excluding hydrogens is 430 g/mol. The molecule has 7 heteroatoms. The summed E-state index contributed by atoms with van der Waals surface area (Å²) in [7, 11) is 1.96. The standard InChI is InChI=1S/C27H35N3O4/c1-26-13-11-22-20(8-10-23-27(22,2)14-12-24(31)29(23)3)21(26)9-7-18(26)16-28-25(32)17-5-4-6-19(15-17)30(33)34/h4-6,12,14-15,18,20-23H,7-11,13,16H2,1-3H3,(H,28,32)/t18-,20+,21+,22+,23-,26-,27-/m1/s1. The molecule has 182 valence electrons. The van der Waals surface area contributed by atoms with Crippen LogP contribution in [-0.2, 0) is 4.79 Å². The first-order chi connectivity index (χ1) is 16.1. The average molecular weight is 466 g/mol. The smallest absolute Gasteiger partial charge is 0.270 e. The molecule has 4 aliphatic rings. The summed E-state index contributed by atoms with van der Waals surface area (Å²) in [5, 5.41) is 14.1. The molecule has 3 saturated carbocycles. The molecule has 0 aromatic heterocycles. The zero-order valence-electron chi connectivity index (χ0n) is 20.3. The van der Waals surface area contributed by atoms with Crippen molar-refractivity contribution in [3.8, 4) is 0 Å². The van der Waals surface area contributed by atoms with E-state index in [1.165, 1.54) is 25.0 Å². The number of non-ortho nitro benzene ring substituents is 1. The first-order valence-electron chi connectivity index (χ1n) is 12.6. The van der Waals surface area contributed by atoms with Crippen LogP contribution >= 0.6 is 0 Å². The normalized spacial score (nSPS) is 38.6. The summed E-state index contributed by atoms with van der Waals surface area (Å²) in [5.41, 5.74) is 0.514. The average Bonchev–Trinajstić information content (AvgIpc) is 3.16. The third-order valence-electron chi connectivity index (χ3n) is 10.2. The van der Waals surface area contributed by atoms with Gasteiger partial charge in [0.2, 0.25) is 5.91 Å². The van der Waals surface area contributed by atoms with Gasteiger partial charge in [0.05, 0.1) is 4.92 Å². The molecule has 0 bridgehead atoms. The molecule has 1 heterocycles. The Labute approximate surface area is 201 Å². The van der Waals surface area contributed by atoms with Crippen molar-refractivity contribution in [2.75, 3.05) is 13.6 Å². The van der Waals surface area contributed by atoms with E-state index >= 15 is 0 Å². The van der Waals surface area contributed by atoms with Gasteiger partial charge in [-0.15, -0.1) is 0 Å². The number of fused-ring (bicyclic) bond motifs is 5. The molecular formula is C27H35N3O4. The lowest BCUT2D eigenvalue weighted by Crippen LogP contribution is -2.59. The largest absolute Gasteiger partial charge is 0.352 e. The molecule has 0 unspecified atom stereocenters. The summed E-state index contributed by atoms with van der Waals surface area (Å²) < 4.78 is 0. The van der Waals surface area contributed by atoms with E-state index < -0.39 is 4.92 Å². The summed E-state index contributed by atoms with van der Waals surface area (Å²) in [6, 6.07) is 6.23. The second kappa shape index (κ2) is 8.21. The lowest BCUT2D eigenvalue weighted by atomic mass is 9.47. The van der Waals surface area contributed by atoms with Crippen molar-refractivity contribution < 1.29 is 14.5 Å². The number of hydrogen-bond donors (Lipinski definition) is 1. The van der Waals surface area contributed by atoms with E-state index in [-0.39, 0.29) is 28.3 Å². The third-order valence-corrected chi connectivity index (χ3v) is 10.2. The lowest BCUT2D eigenvalue weighted by Gasteiger charge is -2.60. The van der Waals surface area contributed by atoms with E-state index in [9.17, 15) is 19.7 Å². The van der Waals surface area contributed by atoms with Crippen LogP contribution in [0.3, 0.4) is 0 Å². The van der Waals surface area contributed by atoms with Gasteiger partial charge >= 0.3 is 0 Å². The van der Waals surface area contributed by atoms with Gasteiger partial charge in [0.1, 0.15) is 0 Å². The molecule has 3 aliphatic carbocycles. The van der Waals surface area contributed by atoms with Crippen molar-refractivity contribution in [3.63, 3.8) is 0 Å². The minimum absolute atomic E-state index is 0.0429. The van der Waals surface area contributed by atoms with E-state index in [0.717, 1.165) is 25.7 Å². The van der Waals surface area contributed by atoms with Gasteiger partial charge in [0.25, 0.3) is 11.6 Å². The van der Waals surface area contributed by atoms with Gasteiger partial charge in [-0.05, 0) is 79.8 Å². The predicted molar refractivity (Wildman–Crippen MR) is 129 cm³/mol. The highest BCUT2D eigenvalue weighted by Gasteiger charge is 2.60. The SMILES string of the molecule is CN1C(=O)C=C[C@]2(C)[C@H]3CC[C@]4(C)[C@@H](CNC(=O)c5cccc([N+](=O)[O-])c5)CC[C@H]4[C@@H]3CC[C@@H]12. The fourth-order valence-corrected chi connectivity index (χ4v) is 8.26. The molecule has 0 spiro atoms. The van der Waals surface area contributed by atoms with E-state index in [1.54, 1.807) is 18.2 Å². The molecule has 1 aromatic rings. The van der Waals surface area contributed by atoms with Crippen molar-refractivity contribution in [1.82, 2.24) is 10.2 Å². The van der Waals surface area contributed by atoms with Crippen LogP contribution in [0, 0.1) is 44.6 Å². The van der Waals surface area contributed by atoms with Gasteiger partial charge in [0, 0.05) is 42.7 Å². The van der Waals surface area contributed by atoms with Gasteiger partial charge in [-0.1, -0.05) is 26.0 Å². The van der Waals surface area contributed by atoms with Gasteiger partial charge < -0.3 is 10.2 Å². The Morgan fingerprint density at radius 2 is 1.97 bits per heavy atom. The predicted octanol–water partition coefficient (Wildman–Crippen LogP) is 4.58. The number of nitrogens with one attached hydrogen (secondary N) is 1. The summed E-state index contributed by atoms with van der Waals surface area (Å²) >= 11 is 0. The number of amides is 2. The molecule has 3 fully saturated rings. The number of nitro groups is 1. The van der Waals surface area contributed by atoms with Crippen LogP contribution < -0.4 is 5.32 Å². The molecule has 7 nitrogen and oxygen atoms in total. The van der Waals surface area contributed by atoms with Crippen LogP contribution in [0.2, 0.25) is 0 Å². The number of nitro benzene ring substituents is 1. The zero-order valence-corrected chi connectivity index (χ0v) is 20.3. The maximum Gasteiger partial charge on any atom is 0.270 e. The Kier molecular flexibility index (Phi) is 5.57. The molecule has 2 amide bonds. The van der Waals surface area contributed by atoms with Gasteiger partial charge in [0.15, 0.2) is 0 Å². The number of carbonyl (C=O) groups excluding carboxylic acids is 2. The quantitative estimate of drug-likeness (QED) is 0.520. The fourth-order valence-electron chi connectivity index (χ4n) is 8.26. The first kappa shape index (κ1) is 23.1. The fraction of sp³-hybridized carbons (Fsp3) is 0.630. The van der Waals surface area contributed by atoms with Crippen LogP contribution in [0.4, 0.5) is 5.69 Å². The number of carbonyl (C=O) groups is 2. The van der Waals surface area contributed by atoms with Crippen molar-refractivity contribution in [2.45, 2.75) is 58.4 Å². The van der Waals surface area contributed by atoms with Gasteiger partial charge in [-0.2, -0.15) is 0 Å². The summed E-state index contributed by atoms with van der Waals surface area (Å²) in [5.74, 6) is 2.19. The van der Waals surface area contributed by atoms with Crippen LogP contribution in [0.25, 0.3) is 0 Å². The van der Waals surface area contributed by atoms with Crippen LogP contribution in [0.5, 0.6) is 0 Å². The molecule has 0 radical (unpaired) electrons. The Bertz CT molecular complexity index is 1050. The van der Waals surface area contributed by atoms with E-state index in [0.29, 0.717) is 41.8 Å². The number of benzene rings is 1. The van der Waals surface area contributed by atoms with Crippen LogP contribution in [0.15, 0.2) is 36.4 Å². The highest BCUT2D eigenvalue weighted by Crippen LogP contribution is 2.65. The first-order valence-corrected chi connectivity index (χ1v) is 12.6. The Balaban J connectivity index is 1.29. The maximum atomic E-state index is 12.8. The topological polar surface area (TPSA) is 92.6 Å².